The molecule has 0 bridgehead atoms. The van der Waals surface area contributed by atoms with Crippen molar-refractivity contribution in [2.24, 2.45) is 40.4 Å². The van der Waals surface area contributed by atoms with Gasteiger partial charge in [-0.15, -0.1) is 0 Å². The number of alkyl halides is 2. The Morgan fingerprint density at radius 3 is 2.60 bits per heavy atom. The average molecular weight is 421 g/mol. The summed E-state index contributed by atoms with van der Waals surface area (Å²) in [5, 5.41) is 9.85. The number of fused-ring (bicyclic) bond motifs is 5. The molecule has 2 fully saturated rings. The summed E-state index contributed by atoms with van der Waals surface area (Å²) in [5.41, 5.74) is 0.264. The molecule has 0 aliphatic heterocycles. The molecule has 0 heterocycles. The Morgan fingerprint density at radius 1 is 1.17 bits per heavy atom. The van der Waals surface area contributed by atoms with Crippen molar-refractivity contribution in [3.63, 3.8) is 0 Å². The smallest absolute Gasteiger partial charge is 0.275 e. The zero-order valence-electron chi connectivity index (χ0n) is 19.7. The molecule has 0 saturated heterocycles. The van der Waals surface area contributed by atoms with Gasteiger partial charge in [0.05, 0.1) is 0 Å². The van der Waals surface area contributed by atoms with E-state index in [1.54, 1.807) is 5.57 Å². The minimum atomic E-state index is -3.02. The molecule has 0 amide bonds. The first kappa shape index (κ1) is 22.5. The monoisotopic (exact) mass is 420 g/mol. The lowest BCUT2D eigenvalue weighted by Gasteiger charge is -2.57. The largest absolute Gasteiger partial charge is 0.384 e. The van der Waals surface area contributed by atoms with E-state index in [1.165, 1.54) is 58.8 Å². The molecule has 0 aromatic heterocycles. The molecule has 4 aliphatic rings. The molecule has 0 unspecified atom stereocenters. The van der Waals surface area contributed by atoms with Crippen molar-refractivity contribution in [3.05, 3.63) is 23.8 Å². The standard InChI is InChI=1S/C27H42F2O/c1-18(13-17-27(28,29)24(2,3)30)21-11-12-22-20-10-9-19-8-6-7-15-25(19,4)23(20)14-16-26(21,22)5/h7,9,15,18,20-23,30H,6,8,10-14,16-17H2,1-5H3/t18-,20+,21-,22+,23+,25+,26-/m1/s1. The summed E-state index contributed by atoms with van der Waals surface area (Å²) >= 11 is 0. The summed E-state index contributed by atoms with van der Waals surface area (Å²) in [5.74, 6) is 0.00907. The fourth-order valence-corrected chi connectivity index (χ4v) is 8.16. The molecule has 170 valence electrons. The van der Waals surface area contributed by atoms with Crippen LogP contribution in [0.25, 0.3) is 0 Å². The molecule has 4 aliphatic carbocycles. The maximum atomic E-state index is 14.4. The van der Waals surface area contributed by atoms with E-state index in [-0.39, 0.29) is 23.2 Å². The van der Waals surface area contributed by atoms with Crippen molar-refractivity contribution in [2.45, 2.75) is 104 Å². The lowest BCUT2D eigenvalue weighted by atomic mass is 9.48. The van der Waals surface area contributed by atoms with Crippen molar-refractivity contribution >= 4 is 0 Å². The minimum absolute atomic E-state index is 0.212. The fraction of sp³-hybridized carbons (Fsp3) is 0.852. The molecule has 4 rings (SSSR count). The zero-order valence-corrected chi connectivity index (χ0v) is 19.7. The van der Waals surface area contributed by atoms with E-state index >= 15 is 0 Å². The van der Waals surface area contributed by atoms with E-state index in [1.807, 2.05) is 0 Å². The summed E-state index contributed by atoms with van der Waals surface area (Å²) < 4.78 is 28.7. The summed E-state index contributed by atoms with van der Waals surface area (Å²) in [6, 6.07) is 0. The Kier molecular flexibility index (Phi) is 5.57. The van der Waals surface area contributed by atoms with E-state index in [4.69, 9.17) is 0 Å². The third-order valence-corrected chi connectivity index (χ3v) is 10.1. The lowest BCUT2D eigenvalue weighted by Crippen LogP contribution is -2.49. The highest BCUT2D eigenvalue weighted by molar-refractivity contribution is 5.31. The number of hydrogen-bond acceptors (Lipinski definition) is 1. The van der Waals surface area contributed by atoms with E-state index < -0.39 is 11.5 Å². The predicted octanol–water partition coefficient (Wildman–Crippen LogP) is 7.55. The number of hydrogen-bond donors (Lipinski definition) is 1. The van der Waals surface area contributed by atoms with E-state index in [0.717, 1.165) is 17.8 Å². The van der Waals surface area contributed by atoms with Gasteiger partial charge in [-0.2, -0.15) is 0 Å². The van der Waals surface area contributed by atoms with Crippen LogP contribution in [0.15, 0.2) is 23.8 Å². The van der Waals surface area contributed by atoms with Crippen LogP contribution >= 0.6 is 0 Å². The van der Waals surface area contributed by atoms with Gasteiger partial charge < -0.3 is 5.11 Å². The number of allylic oxidation sites excluding steroid dienone is 4. The highest BCUT2D eigenvalue weighted by Crippen LogP contribution is 2.66. The Labute approximate surface area is 182 Å². The molecule has 7 atom stereocenters. The molecule has 0 aromatic rings. The quantitative estimate of drug-likeness (QED) is 0.455. The first-order valence-corrected chi connectivity index (χ1v) is 12.4. The third-order valence-electron chi connectivity index (χ3n) is 10.1. The van der Waals surface area contributed by atoms with Gasteiger partial charge in [0.2, 0.25) is 0 Å². The molecule has 2 saturated carbocycles. The second kappa shape index (κ2) is 7.42. The van der Waals surface area contributed by atoms with Crippen molar-refractivity contribution in [2.75, 3.05) is 0 Å². The van der Waals surface area contributed by atoms with Crippen LogP contribution in [0, 0.1) is 40.4 Å². The zero-order chi connectivity index (χ0) is 21.9. The van der Waals surface area contributed by atoms with Gasteiger partial charge >= 0.3 is 0 Å². The van der Waals surface area contributed by atoms with Gasteiger partial charge in [-0.25, -0.2) is 8.78 Å². The van der Waals surface area contributed by atoms with Crippen LogP contribution in [0.4, 0.5) is 8.78 Å². The van der Waals surface area contributed by atoms with Gasteiger partial charge in [-0.3, -0.25) is 0 Å². The summed E-state index contributed by atoms with van der Waals surface area (Å²) in [4.78, 5) is 0. The Bertz CT molecular complexity index is 717. The van der Waals surface area contributed by atoms with E-state index in [0.29, 0.717) is 12.3 Å². The van der Waals surface area contributed by atoms with Crippen LogP contribution in [0.5, 0.6) is 0 Å². The molecule has 3 heteroatoms. The molecule has 0 aromatic carbocycles. The normalized spacial score (nSPS) is 42.2. The lowest BCUT2D eigenvalue weighted by molar-refractivity contribution is -0.168. The van der Waals surface area contributed by atoms with Crippen LogP contribution < -0.4 is 0 Å². The highest BCUT2D eigenvalue weighted by Gasteiger charge is 2.58. The van der Waals surface area contributed by atoms with Crippen molar-refractivity contribution in [1.82, 2.24) is 0 Å². The summed E-state index contributed by atoms with van der Waals surface area (Å²) in [6.45, 7) is 9.61. The van der Waals surface area contributed by atoms with Crippen LogP contribution in [0.1, 0.15) is 92.4 Å². The van der Waals surface area contributed by atoms with Crippen LogP contribution in [-0.4, -0.2) is 16.6 Å². The van der Waals surface area contributed by atoms with Crippen LogP contribution in [-0.2, 0) is 0 Å². The summed E-state index contributed by atoms with van der Waals surface area (Å²) in [6.07, 6.45) is 16.4. The molecule has 1 nitrogen and oxygen atoms in total. The Morgan fingerprint density at radius 2 is 1.90 bits per heavy atom. The Balaban J connectivity index is 1.49. The van der Waals surface area contributed by atoms with E-state index in [2.05, 4.69) is 39.0 Å². The van der Waals surface area contributed by atoms with Crippen molar-refractivity contribution < 1.29 is 13.9 Å². The van der Waals surface area contributed by atoms with Gasteiger partial charge in [0.25, 0.3) is 5.92 Å². The first-order valence-electron chi connectivity index (χ1n) is 12.4. The number of rotatable bonds is 5. The number of halogens is 2. The molecule has 1 N–H and O–H groups in total. The summed E-state index contributed by atoms with van der Waals surface area (Å²) in [7, 11) is 0. The molecular formula is C27H42F2O. The van der Waals surface area contributed by atoms with Crippen LogP contribution in [0.2, 0.25) is 0 Å². The second-order valence-corrected chi connectivity index (χ2v) is 12.1. The SMILES string of the molecule is C[C@H](CCC(F)(F)C(C)(C)O)[C@H]1CC[C@H]2[C@@H]3CC=C4CCC=C[C@]4(C)[C@H]3CC[C@]12C. The van der Waals surface area contributed by atoms with Gasteiger partial charge in [0.1, 0.15) is 5.60 Å². The Hall–Kier alpha value is -0.700. The van der Waals surface area contributed by atoms with Crippen molar-refractivity contribution in [1.29, 1.82) is 0 Å². The maximum absolute atomic E-state index is 14.4. The molecule has 30 heavy (non-hydrogen) atoms. The van der Waals surface area contributed by atoms with Crippen LogP contribution in [0.3, 0.4) is 0 Å². The fourth-order valence-electron chi connectivity index (χ4n) is 8.16. The number of aliphatic hydroxyl groups is 1. The van der Waals surface area contributed by atoms with E-state index in [9.17, 15) is 13.9 Å². The minimum Gasteiger partial charge on any atom is -0.384 e. The molecule has 0 spiro atoms. The van der Waals surface area contributed by atoms with Gasteiger partial charge in [0, 0.05) is 11.8 Å². The average Bonchev–Trinajstić information content (AvgIpc) is 3.02. The molecule has 0 radical (unpaired) electrons. The second-order valence-electron chi connectivity index (χ2n) is 12.1. The first-order chi connectivity index (χ1) is 13.9. The highest BCUT2D eigenvalue weighted by atomic mass is 19.3. The topological polar surface area (TPSA) is 20.2 Å². The maximum Gasteiger partial charge on any atom is 0.275 e. The van der Waals surface area contributed by atoms with Gasteiger partial charge in [0.15, 0.2) is 0 Å². The van der Waals surface area contributed by atoms with Gasteiger partial charge in [-0.05, 0) is 100 Å². The predicted molar refractivity (Wildman–Crippen MR) is 119 cm³/mol. The van der Waals surface area contributed by atoms with Crippen molar-refractivity contribution in [3.8, 4) is 0 Å². The molecular weight excluding hydrogens is 378 g/mol. The van der Waals surface area contributed by atoms with Gasteiger partial charge in [-0.1, -0.05) is 44.6 Å². The third kappa shape index (κ3) is 3.42.